The molecule has 3 aromatic rings. The van der Waals surface area contributed by atoms with E-state index in [0.717, 1.165) is 4.90 Å². The number of amides is 10. The van der Waals surface area contributed by atoms with Crippen LogP contribution in [0.4, 0.5) is 0 Å². The Morgan fingerprint density at radius 3 is 1.55 bits per heavy atom. The number of hydrogen-bond donors (Lipinski definition) is 15. The molecule has 0 aliphatic carbocycles. The summed E-state index contributed by atoms with van der Waals surface area (Å²) in [6.07, 6.45) is -1.63. The lowest BCUT2D eigenvalue weighted by molar-refractivity contribution is -0.143. The lowest BCUT2D eigenvalue weighted by Crippen LogP contribution is -2.62. The average Bonchev–Trinajstić information content (AvgIpc) is 4.06. The van der Waals surface area contributed by atoms with Crippen molar-refractivity contribution in [2.75, 3.05) is 13.1 Å². The molecule has 89 heavy (non-hydrogen) atoms. The maximum absolute atomic E-state index is 14.9. The molecule has 488 valence electrons. The summed E-state index contributed by atoms with van der Waals surface area (Å²) in [7, 11) is 0. The summed E-state index contributed by atoms with van der Waals surface area (Å²) in [5.74, 6) is -11.8. The van der Waals surface area contributed by atoms with Gasteiger partial charge in [0.2, 0.25) is 59.1 Å². The number of phenolic OH excluding ortho intramolecular Hbond substituents is 2. The molecule has 3 aromatic carbocycles. The van der Waals surface area contributed by atoms with Crippen molar-refractivity contribution in [1.82, 2.24) is 47.4 Å². The lowest BCUT2D eigenvalue weighted by Gasteiger charge is -2.32. The highest BCUT2D eigenvalue weighted by atomic mass is 16.4. The van der Waals surface area contributed by atoms with Gasteiger partial charge in [-0.3, -0.25) is 47.9 Å². The molecule has 1 saturated heterocycles. The maximum atomic E-state index is 14.9. The number of aliphatic hydroxyl groups excluding tert-OH is 1. The first-order chi connectivity index (χ1) is 42.0. The van der Waals surface area contributed by atoms with Gasteiger partial charge in [0.15, 0.2) is 0 Å². The Morgan fingerprint density at radius 1 is 0.551 bits per heavy atom. The van der Waals surface area contributed by atoms with Crippen LogP contribution in [0.25, 0.3) is 0 Å². The van der Waals surface area contributed by atoms with E-state index in [-0.39, 0.29) is 69.0 Å². The Bertz CT molecular complexity index is 2900. The molecule has 1 aliphatic rings. The standard InChI is InChI=1S/C62H90N12O15/c1-8-35(6)51(72-57(83)49(65)33(2)3)59(85)68-43(29-38-19-23-40(76)24-20-38)55(81)73-52(36(7)75)60(86)69-45(30-39-21-25-41(77)26-22-39)61(87)74-28-14-18-47(74)56(82)67-44(32-48(64)78)54(80)66-42(17-12-13-27-63)53(79)71-50(34(4)5)58(84)70-46(62(88)89)31-37-15-10-9-11-16-37/h9-11,15-16,19-26,33-36,42-47,49-52,75-77H,8,12-14,17-18,27-32,63,65H2,1-7H3,(H2,64,78)(H,66,80)(H,67,82)(H,68,85)(H,69,86)(H,70,84)(H,71,79)(H,72,83)(H,73,81)(H,88,89)/t35-,36+,42-,43-,44-,45-,46-,47-,49-,50-,51-,52-/m0/s1. The number of aliphatic carboxylic acids is 1. The summed E-state index contributed by atoms with van der Waals surface area (Å²) >= 11 is 0. The Kier molecular flexibility index (Phi) is 28.9. The number of carbonyl (C=O) groups is 11. The predicted molar refractivity (Wildman–Crippen MR) is 327 cm³/mol. The normalized spacial score (nSPS) is 16.7. The minimum Gasteiger partial charge on any atom is -0.508 e. The van der Waals surface area contributed by atoms with Crippen LogP contribution in [-0.4, -0.2) is 170 Å². The molecular weight excluding hydrogens is 1150 g/mol. The van der Waals surface area contributed by atoms with Crippen molar-refractivity contribution < 1.29 is 73.2 Å². The van der Waals surface area contributed by atoms with Gasteiger partial charge in [0, 0.05) is 25.8 Å². The zero-order valence-corrected chi connectivity index (χ0v) is 51.5. The van der Waals surface area contributed by atoms with E-state index in [4.69, 9.17) is 17.2 Å². The monoisotopic (exact) mass is 1240 g/mol. The van der Waals surface area contributed by atoms with Crippen molar-refractivity contribution in [2.24, 2.45) is 35.0 Å². The van der Waals surface area contributed by atoms with Gasteiger partial charge < -0.3 is 85.1 Å². The molecular formula is C62H90N12O15. The highest BCUT2D eigenvalue weighted by Crippen LogP contribution is 2.22. The van der Waals surface area contributed by atoms with E-state index >= 15 is 0 Å². The number of aliphatic hydroxyl groups is 1. The summed E-state index contributed by atoms with van der Waals surface area (Å²) < 4.78 is 0. The van der Waals surface area contributed by atoms with Gasteiger partial charge in [0.1, 0.15) is 65.9 Å². The van der Waals surface area contributed by atoms with Crippen LogP contribution in [0, 0.1) is 17.8 Å². The number of benzene rings is 3. The first kappa shape index (κ1) is 72.8. The van der Waals surface area contributed by atoms with E-state index in [9.17, 15) is 73.2 Å². The molecule has 10 amide bonds. The van der Waals surface area contributed by atoms with Crippen LogP contribution < -0.4 is 59.7 Å². The smallest absolute Gasteiger partial charge is 0.326 e. The number of nitrogens with one attached hydrogen (secondary N) is 8. The first-order valence-corrected chi connectivity index (χ1v) is 30.0. The summed E-state index contributed by atoms with van der Waals surface area (Å²) in [6.45, 7) is 11.6. The van der Waals surface area contributed by atoms with Crippen molar-refractivity contribution in [1.29, 1.82) is 0 Å². The topological polar surface area (TPSA) is 446 Å². The molecule has 0 saturated carbocycles. The molecule has 0 bridgehead atoms. The van der Waals surface area contributed by atoms with E-state index in [1.807, 2.05) is 0 Å². The predicted octanol–water partition coefficient (Wildman–Crippen LogP) is -0.850. The quantitative estimate of drug-likeness (QED) is 0.0319. The van der Waals surface area contributed by atoms with Crippen LogP contribution in [0.3, 0.4) is 0 Å². The third-order valence-corrected chi connectivity index (χ3v) is 15.5. The second-order valence-corrected chi connectivity index (χ2v) is 23.3. The number of carboxylic acid groups (broad SMARTS) is 1. The zero-order valence-electron chi connectivity index (χ0n) is 51.5. The summed E-state index contributed by atoms with van der Waals surface area (Å²) in [4.78, 5) is 153. The summed E-state index contributed by atoms with van der Waals surface area (Å²) in [5.41, 5.74) is 18.9. The number of rotatable bonds is 35. The number of aromatic hydroxyl groups is 2. The first-order valence-electron chi connectivity index (χ1n) is 30.0. The van der Waals surface area contributed by atoms with Crippen LogP contribution in [0.1, 0.15) is 110 Å². The lowest BCUT2D eigenvalue weighted by atomic mass is 9.95. The minimum atomic E-state index is -1.81. The number of nitrogens with two attached hydrogens (primary N) is 3. The number of carboxylic acids is 1. The summed E-state index contributed by atoms with van der Waals surface area (Å²) in [6, 6.07) is 5.87. The van der Waals surface area contributed by atoms with Crippen molar-refractivity contribution >= 4 is 65.0 Å². The minimum absolute atomic E-state index is 0.0197. The third-order valence-electron chi connectivity index (χ3n) is 15.5. The molecule has 0 unspecified atom stereocenters. The van der Waals surface area contributed by atoms with Gasteiger partial charge in [-0.05, 0) is 104 Å². The molecule has 18 N–H and O–H groups in total. The van der Waals surface area contributed by atoms with Crippen LogP contribution in [0.2, 0.25) is 0 Å². The zero-order chi connectivity index (χ0) is 66.2. The number of nitrogens with zero attached hydrogens (tertiary/aromatic N) is 1. The Hall–Kier alpha value is -8.69. The highest BCUT2D eigenvalue weighted by molar-refractivity contribution is 6.00. The van der Waals surface area contributed by atoms with E-state index in [1.54, 1.807) is 71.9 Å². The molecule has 27 heteroatoms. The SMILES string of the molecule is CC[C@H](C)[C@H](NC(=O)[C@@H](N)C(C)C)C(=O)N[C@@H](Cc1ccc(O)cc1)C(=O)N[C@H](C(=O)N[C@@H](Cc1ccc(O)cc1)C(=O)N1CCC[C@H]1C(=O)N[C@@H](CC(N)=O)C(=O)N[C@@H](CCCCN)C(=O)N[C@H](C(=O)N[C@@H](Cc1ccccc1)C(=O)O)C(C)C)[C@@H](C)O. The molecule has 4 rings (SSSR count). The van der Waals surface area contributed by atoms with Crippen LogP contribution in [-0.2, 0) is 72.0 Å². The van der Waals surface area contributed by atoms with Crippen LogP contribution in [0.15, 0.2) is 78.9 Å². The van der Waals surface area contributed by atoms with Crippen LogP contribution >= 0.6 is 0 Å². The molecule has 12 atom stereocenters. The largest absolute Gasteiger partial charge is 0.508 e. The van der Waals surface area contributed by atoms with E-state index < -0.39 is 150 Å². The van der Waals surface area contributed by atoms with E-state index in [0.29, 0.717) is 36.0 Å². The summed E-state index contributed by atoms with van der Waals surface area (Å²) in [5, 5.41) is 61.9. The second kappa shape index (κ2) is 35.3. The Morgan fingerprint density at radius 2 is 1.02 bits per heavy atom. The fourth-order valence-corrected chi connectivity index (χ4v) is 9.90. The van der Waals surface area contributed by atoms with Crippen molar-refractivity contribution in [3.05, 3.63) is 95.6 Å². The molecule has 1 fully saturated rings. The van der Waals surface area contributed by atoms with Gasteiger partial charge in [-0.25, -0.2) is 4.79 Å². The number of hydrogen-bond acceptors (Lipinski definition) is 16. The average molecular weight is 1240 g/mol. The van der Waals surface area contributed by atoms with Gasteiger partial charge in [-0.1, -0.05) is 103 Å². The Balaban J connectivity index is 1.60. The maximum Gasteiger partial charge on any atom is 0.326 e. The fourth-order valence-electron chi connectivity index (χ4n) is 9.90. The molecule has 1 heterocycles. The number of unbranched alkanes of at least 4 members (excludes halogenated alkanes) is 1. The van der Waals surface area contributed by atoms with Gasteiger partial charge in [0.25, 0.3) is 0 Å². The molecule has 1 aliphatic heterocycles. The van der Waals surface area contributed by atoms with Gasteiger partial charge >= 0.3 is 5.97 Å². The van der Waals surface area contributed by atoms with Gasteiger partial charge in [0.05, 0.1) is 18.6 Å². The van der Waals surface area contributed by atoms with Gasteiger partial charge in [-0.2, -0.15) is 0 Å². The number of primary amides is 1. The molecule has 0 radical (unpaired) electrons. The molecule has 27 nitrogen and oxygen atoms in total. The van der Waals surface area contributed by atoms with Crippen molar-refractivity contribution in [3.63, 3.8) is 0 Å². The molecule has 0 spiro atoms. The third kappa shape index (κ3) is 22.8. The second-order valence-electron chi connectivity index (χ2n) is 23.3. The molecule has 0 aromatic heterocycles. The van der Waals surface area contributed by atoms with E-state index in [1.165, 1.54) is 55.5 Å². The number of carbonyl (C=O) groups excluding carboxylic acids is 10. The van der Waals surface area contributed by atoms with Gasteiger partial charge in [-0.15, -0.1) is 0 Å². The van der Waals surface area contributed by atoms with Crippen LogP contribution in [0.5, 0.6) is 11.5 Å². The highest BCUT2D eigenvalue weighted by Gasteiger charge is 2.42. The van der Waals surface area contributed by atoms with Crippen molar-refractivity contribution in [3.8, 4) is 11.5 Å². The van der Waals surface area contributed by atoms with Crippen molar-refractivity contribution in [2.45, 2.75) is 179 Å². The fraction of sp³-hybridized carbons (Fsp3) is 0.532. The van der Waals surface area contributed by atoms with E-state index in [2.05, 4.69) is 42.5 Å². The Labute approximate surface area is 518 Å². The number of likely N-dealkylation sites (tertiary alicyclic amines) is 1. The number of phenols is 2.